The minimum absolute atomic E-state index is 0.00867. The number of anilines is 1. The summed E-state index contributed by atoms with van der Waals surface area (Å²) in [6.45, 7) is 3.12. The highest BCUT2D eigenvalue weighted by atomic mass is 16.5. The SMILES string of the molecule is CC1COC(CO)CN1c1nc2ccccc2cc1CO. The Labute approximate surface area is 123 Å². The molecule has 5 heteroatoms. The van der Waals surface area contributed by atoms with E-state index in [9.17, 15) is 10.2 Å². The Hall–Kier alpha value is -1.69. The summed E-state index contributed by atoms with van der Waals surface area (Å²) in [5, 5.41) is 20.0. The zero-order valence-corrected chi connectivity index (χ0v) is 12.1. The van der Waals surface area contributed by atoms with Crippen LogP contribution in [0.15, 0.2) is 30.3 Å². The van der Waals surface area contributed by atoms with Crippen molar-refractivity contribution in [2.24, 2.45) is 0 Å². The fourth-order valence-electron chi connectivity index (χ4n) is 2.74. The van der Waals surface area contributed by atoms with Crippen LogP contribution in [-0.4, -0.2) is 47.1 Å². The van der Waals surface area contributed by atoms with E-state index in [2.05, 4.69) is 11.8 Å². The molecule has 1 fully saturated rings. The lowest BCUT2D eigenvalue weighted by molar-refractivity contribution is -0.0106. The van der Waals surface area contributed by atoms with Gasteiger partial charge in [-0.1, -0.05) is 18.2 Å². The van der Waals surface area contributed by atoms with Crippen molar-refractivity contribution in [3.05, 3.63) is 35.9 Å². The average Bonchev–Trinajstić information content (AvgIpc) is 2.54. The number of para-hydroxylation sites is 1. The van der Waals surface area contributed by atoms with Gasteiger partial charge in [0.25, 0.3) is 0 Å². The number of aliphatic hydroxyl groups is 2. The van der Waals surface area contributed by atoms with Crippen LogP contribution in [0.1, 0.15) is 12.5 Å². The molecular formula is C16H20N2O3. The highest BCUT2D eigenvalue weighted by Gasteiger charge is 2.28. The summed E-state index contributed by atoms with van der Waals surface area (Å²) in [6, 6.07) is 10.0. The maximum absolute atomic E-state index is 9.67. The van der Waals surface area contributed by atoms with E-state index in [1.807, 2.05) is 30.3 Å². The van der Waals surface area contributed by atoms with E-state index >= 15 is 0 Å². The Kier molecular flexibility index (Phi) is 4.05. The van der Waals surface area contributed by atoms with Crippen molar-refractivity contribution in [1.82, 2.24) is 4.98 Å². The molecule has 2 heterocycles. The van der Waals surface area contributed by atoms with Crippen molar-refractivity contribution in [2.45, 2.75) is 25.7 Å². The Balaban J connectivity index is 2.04. The van der Waals surface area contributed by atoms with Gasteiger partial charge in [0.2, 0.25) is 0 Å². The van der Waals surface area contributed by atoms with Crippen LogP contribution in [0.5, 0.6) is 0 Å². The first-order chi connectivity index (χ1) is 10.2. The van der Waals surface area contributed by atoms with Crippen LogP contribution >= 0.6 is 0 Å². The average molecular weight is 288 g/mol. The highest BCUT2D eigenvalue weighted by Crippen LogP contribution is 2.27. The summed E-state index contributed by atoms with van der Waals surface area (Å²) >= 11 is 0. The predicted octanol–water partition coefficient (Wildman–Crippen LogP) is 1.31. The van der Waals surface area contributed by atoms with Gasteiger partial charge in [0, 0.05) is 17.5 Å². The molecule has 2 unspecified atom stereocenters. The van der Waals surface area contributed by atoms with E-state index in [-0.39, 0.29) is 25.4 Å². The molecule has 0 bridgehead atoms. The standard InChI is InChI=1S/C16H20N2O3/c1-11-10-21-14(9-20)7-18(11)16-13(8-19)6-12-4-2-3-5-15(12)17-16/h2-6,11,14,19-20H,7-10H2,1H3. The molecule has 2 N–H and O–H groups in total. The molecule has 1 aromatic heterocycles. The van der Waals surface area contributed by atoms with Gasteiger partial charge < -0.3 is 19.8 Å². The van der Waals surface area contributed by atoms with Gasteiger partial charge in [0.1, 0.15) is 5.82 Å². The summed E-state index contributed by atoms with van der Waals surface area (Å²) in [6.07, 6.45) is -0.207. The number of aliphatic hydroxyl groups excluding tert-OH is 2. The van der Waals surface area contributed by atoms with Crippen LogP contribution in [0, 0.1) is 0 Å². The maximum atomic E-state index is 9.67. The largest absolute Gasteiger partial charge is 0.394 e. The summed E-state index contributed by atoms with van der Waals surface area (Å²) in [5.74, 6) is 0.783. The molecule has 0 saturated carbocycles. The van der Waals surface area contributed by atoms with Crippen molar-refractivity contribution >= 4 is 16.7 Å². The molecule has 0 amide bonds. The van der Waals surface area contributed by atoms with Gasteiger partial charge >= 0.3 is 0 Å². The Morgan fingerprint density at radius 2 is 2.14 bits per heavy atom. The van der Waals surface area contributed by atoms with E-state index in [0.29, 0.717) is 13.2 Å². The molecule has 1 aromatic carbocycles. The maximum Gasteiger partial charge on any atom is 0.135 e. The Morgan fingerprint density at radius 3 is 2.90 bits per heavy atom. The molecule has 0 aliphatic carbocycles. The van der Waals surface area contributed by atoms with Crippen molar-refractivity contribution in [2.75, 3.05) is 24.7 Å². The molecular weight excluding hydrogens is 268 g/mol. The number of ether oxygens (including phenoxy) is 1. The Morgan fingerprint density at radius 1 is 1.33 bits per heavy atom. The number of benzene rings is 1. The monoisotopic (exact) mass is 288 g/mol. The van der Waals surface area contributed by atoms with Crippen molar-refractivity contribution in [3.63, 3.8) is 0 Å². The third-order valence-corrected chi connectivity index (χ3v) is 3.93. The minimum atomic E-state index is -0.207. The number of rotatable bonds is 3. The van der Waals surface area contributed by atoms with Gasteiger partial charge in [-0.3, -0.25) is 0 Å². The highest BCUT2D eigenvalue weighted by molar-refractivity contribution is 5.81. The lowest BCUT2D eigenvalue weighted by Crippen LogP contribution is -2.50. The molecule has 112 valence electrons. The smallest absolute Gasteiger partial charge is 0.135 e. The zero-order valence-electron chi connectivity index (χ0n) is 12.1. The molecule has 5 nitrogen and oxygen atoms in total. The third-order valence-electron chi connectivity index (χ3n) is 3.93. The van der Waals surface area contributed by atoms with Crippen LogP contribution in [0.2, 0.25) is 0 Å². The number of pyridine rings is 1. The second-order valence-electron chi connectivity index (χ2n) is 5.46. The van der Waals surface area contributed by atoms with E-state index in [1.54, 1.807) is 0 Å². The van der Waals surface area contributed by atoms with Gasteiger partial charge in [-0.25, -0.2) is 4.98 Å². The van der Waals surface area contributed by atoms with Gasteiger partial charge in [0.05, 0.1) is 37.5 Å². The molecule has 3 rings (SSSR count). The second-order valence-corrected chi connectivity index (χ2v) is 5.46. The number of morpholine rings is 1. The number of fused-ring (bicyclic) bond motifs is 1. The van der Waals surface area contributed by atoms with Crippen LogP contribution in [0.3, 0.4) is 0 Å². The number of aromatic nitrogens is 1. The first-order valence-corrected chi connectivity index (χ1v) is 7.21. The molecule has 2 aromatic rings. The number of nitrogens with zero attached hydrogens (tertiary/aromatic N) is 2. The number of hydrogen-bond donors (Lipinski definition) is 2. The normalized spacial score (nSPS) is 22.7. The van der Waals surface area contributed by atoms with Crippen LogP contribution in [0.25, 0.3) is 10.9 Å². The summed E-state index contributed by atoms with van der Waals surface area (Å²) in [4.78, 5) is 6.83. The zero-order chi connectivity index (χ0) is 14.8. The fourth-order valence-corrected chi connectivity index (χ4v) is 2.74. The van der Waals surface area contributed by atoms with E-state index in [4.69, 9.17) is 9.72 Å². The fraction of sp³-hybridized carbons (Fsp3) is 0.438. The lowest BCUT2D eigenvalue weighted by atomic mass is 10.1. The lowest BCUT2D eigenvalue weighted by Gasteiger charge is -2.39. The van der Waals surface area contributed by atoms with Gasteiger partial charge in [0.15, 0.2) is 0 Å². The van der Waals surface area contributed by atoms with Crippen LogP contribution in [0.4, 0.5) is 5.82 Å². The first-order valence-electron chi connectivity index (χ1n) is 7.21. The second kappa shape index (κ2) is 5.97. The van der Waals surface area contributed by atoms with E-state index in [0.717, 1.165) is 22.3 Å². The number of hydrogen-bond acceptors (Lipinski definition) is 5. The molecule has 1 aliphatic heterocycles. The molecule has 0 spiro atoms. The van der Waals surface area contributed by atoms with Gasteiger partial charge in [-0.05, 0) is 19.1 Å². The first kappa shape index (κ1) is 14.3. The topological polar surface area (TPSA) is 65.8 Å². The van der Waals surface area contributed by atoms with E-state index < -0.39 is 0 Å². The van der Waals surface area contributed by atoms with Gasteiger partial charge in [-0.2, -0.15) is 0 Å². The van der Waals surface area contributed by atoms with Gasteiger partial charge in [-0.15, -0.1) is 0 Å². The van der Waals surface area contributed by atoms with Crippen molar-refractivity contribution in [3.8, 4) is 0 Å². The van der Waals surface area contributed by atoms with E-state index in [1.165, 1.54) is 0 Å². The molecule has 21 heavy (non-hydrogen) atoms. The summed E-state index contributed by atoms with van der Waals surface area (Å²) < 4.78 is 5.57. The molecule has 0 radical (unpaired) electrons. The molecule has 1 saturated heterocycles. The Bertz CT molecular complexity index is 632. The predicted molar refractivity (Wildman–Crippen MR) is 81.3 cm³/mol. The van der Waals surface area contributed by atoms with Crippen molar-refractivity contribution < 1.29 is 14.9 Å². The quantitative estimate of drug-likeness (QED) is 0.891. The minimum Gasteiger partial charge on any atom is -0.394 e. The molecule has 2 atom stereocenters. The van der Waals surface area contributed by atoms with Crippen LogP contribution < -0.4 is 4.90 Å². The summed E-state index contributed by atoms with van der Waals surface area (Å²) in [7, 11) is 0. The molecule has 1 aliphatic rings. The van der Waals surface area contributed by atoms with Crippen molar-refractivity contribution in [1.29, 1.82) is 0 Å². The van der Waals surface area contributed by atoms with Crippen LogP contribution in [-0.2, 0) is 11.3 Å². The summed E-state index contributed by atoms with van der Waals surface area (Å²) in [5.41, 5.74) is 1.71. The third kappa shape index (κ3) is 2.72.